The molecule has 0 aliphatic carbocycles. The molecule has 2 heterocycles. The third kappa shape index (κ3) is 2.67. The predicted octanol–water partition coefficient (Wildman–Crippen LogP) is 3.39. The summed E-state index contributed by atoms with van der Waals surface area (Å²) in [6.07, 6.45) is 1.60. The minimum Gasteiger partial charge on any atom is -0.487 e. The van der Waals surface area contributed by atoms with Gasteiger partial charge in [-0.25, -0.2) is 9.97 Å². The maximum Gasteiger partial charge on any atom is 0.147 e. The Morgan fingerprint density at radius 1 is 1.14 bits per heavy atom. The Hall–Kier alpha value is -2.93. The summed E-state index contributed by atoms with van der Waals surface area (Å²) in [5, 5.41) is 10.1. The van der Waals surface area contributed by atoms with Crippen molar-refractivity contribution in [3.05, 3.63) is 65.6 Å². The van der Waals surface area contributed by atoms with Crippen molar-refractivity contribution in [2.24, 2.45) is 0 Å². The Labute approximate surface area is 122 Å². The standard InChI is InChI=1S/C17H13N3O/c1-12-7-8-13-4-2-6-16(17(13)20-12)21-11-14-5-3-9-19-15(14)10-18/h2-9H,11H2,1H3. The van der Waals surface area contributed by atoms with Crippen molar-refractivity contribution >= 4 is 10.9 Å². The quantitative estimate of drug-likeness (QED) is 0.735. The molecule has 2 aromatic heterocycles. The van der Waals surface area contributed by atoms with Crippen LogP contribution in [0.2, 0.25) is 0 Å². The second-order valence-corrected chi connectivity index (χ2v) is 4.69. The van der Waals surface area contributed by atoms with Gasteiger partial charge in [0.2, 0.25) is 0 Å². The van der Waals surface area contributed by atoms with Gasteiger partial charge in [-0.05, 0) is 25.1 Å². The zero-order valence-electron chi connectivity index (χ0n) is 11.6. The summed E-state index contributed by atoms with van der Waals surface area (Å²) in [6, 6.07) is 15.5. The molecule has 0 N–H and O–H groups in total. The van der Waals surface area contributed by atoms with Crippen molar-refractivity contribution in [1.29, 1.82) is 5.26 Å². The van der Waals surface area contributed by atoms with Crippen molar-refractivity contribution < 1.29 is 4.74 Å². The van der Waals surface area contributed by atoms with Gasteiger partial charge >= 0.3 is 0 Å². The molecule has 4 heteroatoms. The fourth-order valence-corrected chi connectivity index (χ4v) is 2.15. The van der Waals surface area contributed by atoms with Crippen LogP contribution in [0.5, 0.6) is 5.75 Å². The molecule has 3 aromatic rings. The first kappa shape index (κ1) is 13.1. The number of nitriles is 1. The highest BCUT2D eigenvalue weighted by Gasteiger charge is 2.07. The van der Waals surface area contributed by atoms with Gasteiger partial charge in [-0.2, -0.15) is 5.26 Å². The van der Waals surface area contributed by atoms with Crippen LogP contribution in [0.3, 0.4) is 0 Å². The smallest absolute Gasteiger partial charge is 0.147 e. The van der Waals surface area contributed by atoms with Crippen LogP contribution in [0.1, 0.15) is 17.0 Å². The molecule has 0 fully saturated rings. The minimum absolute atomic E-state index is 0.297. The van der Waals surface area contributed by atoms with Crippen molar-refractivity contribution in [3.8, 4) is 11.8 Å². The summed E-state index contributed by atoms with van der Waals surface area (Å²) < 4.78 is 5.85. The Balaban J connectivity index is 1.92. The van der Waals surface area contributed by atoms with E-state index in [1.54, 1.807) is 12.3 Å². The minimum atomic E-state index is 0.297. The van der Waals surface area contributed by atoms with E-state index in [0.29, 0.717) is 18.1 Å². The summed E-state index contributed by atoms with van der Waals surface area (Å²) in [5.41, 5.74) is 2.93. The number of hydrogen-bond acceptors (Lipinski definition) is 4. The van der Waals surface area contributed by atoms with Gasteiger partial charge in [0.1, 0.15) is 29.6 Å². The molecule has 102 valence electrons. The van der Waals surface area contributed by atoms with E-state index in [1.807, 2.05) is 43.3 Å². The Morgan fingerprint density at radius 3 is 2.90 bits per heavy atom. The van der Waals surface area contributed by atoms with Gasteiger partial charge in [0.05, 0.1) is 0 Å². The Bertz CT molecular complexity index is 837. The summed E-state index contributed by atoms with van der Waals surface area (Å²) in [7, 11) is 0. The van der Waals surface area contributed by atoms with Gasteiger partial charge in [-0.3, -0.25) is 0 Å². The number of aryl methyl sites for hydroxylation is 1. The zero-order chi connectivity index (χ0) is 14.7. The van der Waals surface area contributed by atoms with Crippen LogP contribution in [0.15, 0.2) is 48.7 Å². The number of hydrogen-bond donors (Lipinski definition) is 0. The molecule has 0 saturated carbocycles. The van der Waals surface area contributed by atoms with Crippen LogP contribution in [0.25, 0.3) is 10.9 Å². The molecule has 0 radical (unpaired) electrons. The lowest BCUT2D eigenvalue weighted by molar-refractivity contribution is 0.308. The van der Waals surface area contributed by atoms with E-state index in [0.717, 1.165) is 22.2 Å². The van der Waals surface area contributed by atoms with E-state index in [4.69, 9.17) is 10.00 Å². The number of fused-ring (bicyclic) bond motifs is 1. The van der Waals surface area contributed by atoms with Crippen molar-refractivity contribution in [1.82, 2.24) is 9.97 Å². The van der Waals surface area contributed by atoms with Crippen molar-refractivity contribution in [3.63, 3.8) is 0 Å². The molecule has 3 rings (SSSR count). The lowest BCUT2D eigenvalue weighted by Gasteiger charge is -2.09. The maximum absolute atomic E-state index is 9.04. The van der Waals surface area contributed by atoms with Crippen LogP contribution in [-0.2, 0) is 6.61 Å². The van der Waals surface area contributed by atoms with E-state index >= 15 is 0 Å². The molecular weight excluding hydrogens is 262 g/mol. The molecule has 0 amide bonds. The zero-order valence-corrected chi connectivity index (χ0v) is 11.6. The topological polar surface area (TPSA) is 58.8 Å². The van der Waals surface area contributed by atoms with Gasteiger partial charge in [0, 0.05) is 22.8 Å². The average molecular weight is 275 g/mol. The van der Waals surface area contributed by atoms with Crippen LogP contribution in [0.4, 0.5) is 0 Å². The molecule has 1 aromatic carbocycles. The summed E-state index contributed by atoms with van der Waals surface area (Å²) in [5.74, 6) is 0.712. The molecular formula is C17H13N3O. The molecule has 0 bridgehead atoms. The predicted molar refractivity (Wildman–Crippen MR) is 79.8 cm³/mol. The maximum atomic E-state index is 9.04. The molecule has 0 aliphatic heterocycles. The van der Waals surface area contributed by atoms with E-state index in [9.17, 15) is 0 Å². The number of nitrogens with zero attached hydrogens (tertiary/aromatic N) is 3. The average Bonchev–Trinajstić information content (AvgIpc) is 2.53. The van der Waals surface area contributed by atoms with Gasteiger partial charge in [-0.15, -0.1) is 0 Å². The number of aromatic nitrogens is 2. The first-order valence-corrected chi connectivity index (χ1v) is 6.61. The third-order valence-electron chi connectivity index (χ3n) is 3.20. The Kier molecular flexibility index (Phi) is 3.48. The number of pyridine rings is 2. The summed E-state index contributed by atoms with van der Waals surface area (Å²) >= 11 is 0. The van der Waals surface area contributed by atoms with Gasteiger partial charge in [0.15, 0.2) is 0 Å². The van der Waals surface area contributed by atoms with Crippen molar-refractivity contribution in [2.75, 3.05) is 0 Å². The monoisotopic (exact) mass is 275 g/mol. The lowest BCUT2D eigenvalue weighted by Crippen LogP contribution is -2.00. The molecule has 4 nitrogen and oxygen atoms in total. The summed E-state index contributed by atoms with van der Waals surface area (Å²) in [4.78, 5) is 8.55. The van der Waals surface area contributed by atoms with E-state index < -0.39 is 0 Å². The number of ether oxygens (including phenoxy) is 1. The SMILES string of the molecule is Cc1ccc2cccc(OCc3cccnc3C#N)c2n1. The molecule has 0 spiro atoms. The first-order chi connectivity index (χ1) is 10.3. The molecule has 0 unspecified atom stereocenters. The highest BCUT2D eigenvalue weighted by Crippen LogP contribution is 2.25. The molecule has 0 saturated heterocycles. The fraction of sp³-hybridized carbons (Fsp3) is 0.118. The lowest BCUT2D eigenvalue weighted by atomic mass is 10.2. The van der Waals surface area contributed by atoms with Gasteiger partial charge < -0.3 is 4.74 Å². The van der Waals surface area contributed by atoms with Gasteiger partial charge in [-0.1, -0.05) is 24.3 Å². The van der Waals surface area contributed by atoms with E-state index in [2.05, 4.69) is 16.0 Å². The third-order valence-corrected chi connectivity index (χ3v) is 3.20. The highest BCUT2D eigenvalue weighted by molar-refractivity contribution is 5.84. The van der Waals surface area contributed by atoms with Crippen LogP contribution >= 0.6 is 0 Å². The second-order valence-electron chi connectivity index (χ2n) is 4.69. The number of para-hydroxylation sites is 1. The van der Waals surface area contributed by atoms with Crippen LogP contribution in [0, 0.1) is 18.3 Å². The highest BCUT2D eigenvalue weighted by atomic mass is 16.5. The van der Waals surface area contributed by atoms with Crippen molar-refractivity contribution in [2.45, 2.75) is 13.5 Å². The normalized spacial score (nSPS) is 10.3. The van der Waals surface area contributed by atoms with E-state index in [-0.39, 0.29) is 0 Å². The van der Waals surface area contributed by atoms with Gasteiger partial charge in [0.25, 0.3) is 0 Å². The molecule has 0 atom stereocenters. The van der Waals surface area contributed by atoms with Crippen LogP contribution in [-0.4, -0.2) is 9.97 Å². The second kappa shape index (κ2) is 5.59. The van der Waals surface area contributed by atoms with E-state index in [1.165, 1.54) is 0 Å². The summed E-state index contributed by atoms with van der Waals surface area (Å²) in [6.45, 7) is 2.25. The first-order valence-electron chi connectivity index (χ1n) is 6.61. The number of rotatable bonds is 3. The fourth-order valence-electron chi connectivity index (χ4n) is 2.15. The Morgan fingerprint density at radius 2 is 2.05 bits per heavy atom. The number of benzene rings is 1. The molecule has 21 heavy (non-hydrogen) atoms. The molecule has 0 aliphatic rings. The van der Waals surface area contributed by atoms with Crippen LogP contribution < -0.4 is 4.74 Å². The largest absolute Gasteiger partial charge is 0.487 e.